The number of carbonyl (C=O) groups excluding carboxylic acids is 3. The average molecular weight is 475 g/mol. The second-order valence-corrected chi connectivity index (χ2v) is 7.91. The number of amides is 1. The number of nitrogens with zero attached hydrogens (tertiary/aromatic N) is 1. The molecule has 3 aromatic carbocycles. The monoisotopic (exact) mass is 475 g/mol. The third-order valence-corrected chi connectivity index (χ3v) is 5.66. The first-order chi connectivity index (χ1) is 17.0. The van der Waals surface area contributed by atoms with Gasteiger partial charge in [0.2, 0.25) is 5.91 Å². The second-order valence-electron chi connectivity index (χ2n) is 7.91. The van der Waals surface area contributed by atoms with Crippen LogP contribution in [0.1, 0.15) is 16.8 Å². The lowest BCUT2D eigenvalue weighted by molar-refractivity contribution is -0.147. The number of ketones is 1. The number of carbonyl (C=O) groups is 3. The van der Waals surface area contributed by atoms with E-state index in [-0.39, 0.29) is 31.3 Å². The van der Waals surface area contributed by atoms with Crippen molar-refractivity contribution in [3.05, 3.63) is 78.4 Å². The summed E-state index contributed by atoms with van der Waals surface area (Å²) < 4.78 is 21.4. The molecule has 0 N–H and O–H groups in total. The Labute approximate surface area is 203 Å². The van der Waals surface area contributed by atoms with Crippen molar-refractivity contribution in [1.29, 1.82) is 0 Å². The van der Waals surface area contributed by atoms with E-state index in [1.807, 2.05) is 12.1 Å². The quantitative estimate of drug-likeness (QED) is 0.337. The number of anilines is 1. The molecule has 1 aliphatic rings. The number of benzene rings is 3. The highest BCUT2D eigenvalue weighted by atomic mass is 16.5. The molecule has 0 radical (unpaired) electrons. The van der Waals surface area contributed by atoms with E-state index in [9.17, 15) is 14.4 Å². The molecule has 1 unspecified atom stereocenters. The Hall–Kier alpha value is -4.33. The summed E-state index contributed by atoms with van der Waals surface area (Å²) in [5, 5.41) is 0. The second kappa shape index (κ2) is 10.7. The Morgan fingerprint density at radius 1 is 0.857 bits per heavy atom. The van der Waals surface area contributed by atoms with Gasteiger partial charge in [0.05, 0.1) is 20.1 Å². The maximum atomic E-state index is 12.6. The lowest BCUT2D eigenvalue weighted by atomic mass is 10.1. The van der Waals surface area contributed by atoms with Gasteiger partial charge >= 0.3 is 5.97 Å². The number of esters is 1. The zero-order valence-electron chi connectivity index (χ0n) is 19.4. The van der Waals surface area contributed by atoms with Crippen LogP contribution in [0.25, 0.3) is 0 Å². The molecule has 1 fully saturated rings. The van der Waals surface area contributed by atoms with Crippen LogP contribution in [0.3, 0.4) is 0 Å². The van der Waals surface area contributed by atoms with Crippen molar-refractivity contribution in [3.8, 4) is 23.0 Å². The molecule has 0 aromatic heterocycles. The van der Waals surface area contributed by atoms with E-state index in [1.165, 1.54) is 12.0 Å². The number of ether oxygens (including phenoxy) is 4. The standard InChI is InChI=1S/C27H25NO7/c1-32-21-11-7-18(8-12-21)23(29)17-34-27(31)19-15-26(30)28(16-19)20-9-13-22(14-10-20)35-25-6-4-3-5-24(25)33-2/h3-14,19H,15-17H2,1-2H3. The van der Waals surface area contributed by atoms with Crippen LogP contribution in [0.4, 0.5) is 5.69 Å². The number of hydrogen-bond donors (Lipinski definition) is 0. The molecule has 8 heteroatoms. The van der Waals surface area contributed by atoms with Crippen LogP contribution in [0.2, 0.25) is 0 Å². The molecule has 180 valence electrons. The average Bonchev–Trinajstić information content (AvgIpc) is 3.29. The fraction of sp³-hybridized carbons (Fsp3) is 0.222. The molecule has 0 bridgehead atoms. The van der Waals surface area contributed by atoms with Crippen molar-refractivity contribution in [3.63, 3.8) is 0 Å². The van der Waals surface area contributed by atoms with Gasteiger partial charge in [0, 0.05) is 24.2 Å². The molecule has 1 atom stereocenters. The van der Waals surface area contributed by atoms with E-state index in [0.717, 1.165) is 0 Å². The van der Waals surface area contributed by atoms with Gasteiger partial charge in [0.25, 0.3) is 0 Å². The van der Waals surface area contributed by atoms with Gasteiger partial charge in [0.1, 0.15) is 11.5 Å². The number of rotatable bonds is 9. The van der Waals surface area contributed by atoms with Crippen LogP contribution in [0, 0.1) is 5.92 Å². The summed E-state index contributed by atoms with van der Waals surface area (Å²) in [5.41, 5.74) is 1.06. The highest BCUT2D eigenvalue weighted by Gasteiger charge is 2.36. The van der Waals surface area contributed by atoms with E-state index in [4.69, 9.17) is 18.9 Å². The normalized spacial score (nSPS) is 15.0. The molecule has 35 heavy (non-hydrogen) atoms. The zero-order chi connectivity index (χ0) is 24.8. The molecular weight excluding hydrogens is 450 g/mol. The molecule has 8 nitrogen and oxygen atoms in total. The molecule has 0 saturated carbocycles. The van der Waals surface area contributed by atoms with E-state index in [0.29, 0.717) is 34.2 Å². The third-order valence-electron chi connectivity index (χ3n) is 5.66. The SMILES string of the molecule is COc1ccc(C(=O)COC(=O)C2CC(=O)N(c3ccc(Oc4ccccc4OC)cc3)C2)cc1. The minimum atomic E-state index is -0.643. The Morgan fingerprint density at radius 2 is 1.51 bits per heavy atom. The first kappa shape index (κ1) is 23.8. The van der Waals surface area contributed by atoms with Crippen molar-refractivity contribution >= 4 is 23.3 Å². The molecule has 1 amide bonds. The van der Waals surface area contributed by atoms with Crippen LogP contribution >= 0.6 is 0 Å². The molecule has 1 aliphatic heterocycles. The molecule has 1 heterocycles. The molecule has 0 spiro atoms. The fourth-order valence-electron chi connectivity index (χ4n) is 3.75. The van der Waals surface area contributed by atoms with Crippen LogP contribution in [-0.4, -0.2) is 45.0 Å². The van der Waals surface area contributed by atoms with E-state index >= 15 is 0 Å². The number of Topliss-reactive ketones (excluding diaryl/α,β-unsaturated/α-hetero) is 1. The first-order valence-electron chi connectivity index (χ1n) is 11.0. The third kappa shape index (κ3) is 5.60. The molecular formula is C27H25NO7. The predicted octanol–water partition coefficient (Wildman–Crippen LogP) is 4.28. The number of methoxy groups -OCH3 is 2. The Morgan fingerprint density at radius 3 is 2.17 bits per heavy atom. The minimum Gasteiger partial charge on any atom is -0.497 e. The zero-order valence-corrected chi connectivity index (χ0v) is 19.4. The summed E-state index contributed by atoms with van der Waals surface area (Å²) >= 11 is 0. The van der Waals surface area contributed by atoms with Gasteiger partial charge in [-0.15, -0.1) is 0 Å². The lowest BCUT2D eigenvalue weighted by Gasteiger charge is -2.17. The van der Waals surface area contributed by atoms with Gasteiger partial charge in [-0.2, -0.15) is 0 Å². The van der Waals surface area contributed by atoms with Crippen molar-refractivity contribution in [2.45, 2.75) is 6.42 Å². The Bertz CT molecular complexity index is 1200. The maximum Gasteiger partial charge on any atom is 0.311 e. The number of hydrogen-bond acceptors (Lipinski definition) is 7. The summed E-state index contributed by atoms with van der Waals surface area (Å²) in [6, 6.07) is 20.8. The van der Waals surface area contributed by atoms with Crippen molar-refractivity contribution < 1.29 is 33.3 Å². The molecule has 4 rings (SSSR count). The highest BCUT2D eigenvalue weighted by Crippen LogP contribution is 2.33. The maximum absolute atomic E-state index is 12.6. The predicted molar refractivity (Wildman–Crippen MR) is 128 cm³/mol. The van der Waals surface area contributed by atoms with Crippen molar-refractivity contribution in [2.24, 2.45) is 5.92 Å². The Balaban J connectivity index is 1.33. The van der Waals surface area contributed by atoms with Gasteiger partial charge in [-0.1, -0.05) is 12.1 Å². The van der Waals surface area contributed by atoms with Gasteiger partial charge in [-0.05, 0) is 60.7 Å². The fourth-order valence-corrected chi connectivity index (χ4v) is 3.75. The van der Waals surface area contributed by atoms with Crippen LogP contribution in [0.5, 0.6) is 23.0 Å². The van der Waals surface area contributed by atoms with Crippen LogP contribution in [-0.2, 0) is 14.3 Å². The van der Waals surface area contributed by atoms with Crippen LogP contribution < -0.4 is 19.1 Å². The van der Waals surface area contributed by atoms with Gasteiger partial charge in [-0.25, -0.2) is 0 Å². The van der Waals surface area contributed by atoms with Crippen LogP contribution in [0.15, 0.2) is 72.8 Å². The van der Waals surface area contributed by atoms with Gasteiger partial charge in [-0.3, -0.25) is 14.4 Å². The molecule has 1 saturated heterocycles. The van der Waals surface area contributed by atoms with E-state index in [2.05, 4.69) is 0 Å². The summed E-state index contributed by atoms with van der Waals surface area (Å²) in [4.78, 5) is 38.9. The highest BCUT2D eigenvalue weighted by molar-refractivity contribution is 6.01. The largest absolute Gasteiger partial charge is 0.497 e. The summed E-state index contributed by atoms with van der Waals surface area (Å²) in [7, 11) is 3.11. The van der Waals surface area contributed by atoms with Crippen molar-refractivity contribution in [1.82, 2.24) is 0 Å². The van der Waals surface area contributed by atoms with E-state index < -0.39 is 11.9 Å². The smallest absolute Gasteiger partial charge is 0.311 e. The summed E-state index contributed by atoms with van der Waals surface area (Å²) in [5.74, 6) is 0.666. The number of para-hydroxylation sites is 2. The van der Waals surface area contributed by atoms with Crippen molar-refractivity contribution in [2.75, 3.05) is 32.3 Å². The lowest BCUT2D eigenvalue weighted by Crippen LogP contribution is -2.27. The Kier molecular flexibility index (Phi) is 7.30. The summed E-state index contributed by atoms with van der Waals surface area (Å²) in [6.07, 6.45) is 0.0228. The molecule has 0 aliphatic carbocycles. The summed E-state index contributed by atoms with van der Waals surface area (Å²) in [6.45, 7) is -0.202. The van der Waals surface area contributed by atoms with Gasteiger partial charge in [0.15, 0.2) is 23.9 Å². The van der Waals surface area contributed by atoms with Gasteiger partial charge < -0.3 is 23.8 Å². The molecule has 3 aromatic rings. The first-order valence-corrected chi connectivity index (χ1v) is 11.0. The topological polar surface area (TPSA) is 91.4 Å². The van der Waals surface area contributed by atoms with E-state index in [1.54, 1.807) is 67.8 Å². The minimum absolute atomic E-state index is 0.0228.